The third-order valence-electron chi connectivity index (χ3n) is 2.72. The molecule has 0 N–H and O–H groups in total. The van der Waals surface area contributed by atoms with Crippen molar-refractivity contribution < 1.29 is 4.79 Å². The highest BCUT2D eigenvalue weighted by Gasteiger charge is 2.13. The van der Waals surface area contributed by atoms with Gasteiger partial charge in [0.25, 0.3) is 0 Å². The number of ketones is 1. The Bertz CT molecular complexity index is 346. The molecule has 1 unspecified atom stereocenters. The second-order valence-electron chi connectivity index (χ2n) is 4.22. The van der Waals surface area contributed by atoms with Crippen LogP contribution in [0.5, 0.6) is 0 Å². The average molecular weight is 236 g/mol. The number of carbonyl (C=O) groups excluding carboxylic acids is 1. The van der Waals surface area contributed by atoms with E-state index in [1.54, 1.807) is 11.8 Å². The molecule has 16 heavy (non-hydrogen) atoms. The Labute approximate surface area is 103 Å². The molecule has 0 fully saturated rings. The first-order valence-electron chi connectivity index (χ1n) is 5.85. The van der Waals surface area contributed by atoms with Gasteiger partial charge in [-0.3, -0.25) is 4.79 Å². The van der Waals surface area contributed by atoms with Crippen molar-refractivity contribution in [3.8, 4) is 0 Å². The lowest BCUT2D eigenvalue weighted by atomic mass is 9.96. The van der Waals surface area contributed by atoms with Crippen LogP contribution in [0.4, 0.5) is 0 Å². The van der Waals surface area contributed by atoms with E-state index in [1.807, 2.05) is 30.5 Å². The molecular formula is C14H20OS. The Balaban J connectivity index is 2.72. The summed E-state index contributed by atoms with van der Waals surface area (Å²) < 4.78 is 0. The van der Waals surface area contributed by atoms with E-state index in [-0.39, 0.29) is 5.78 Å². The third kappa shape index (κ3) is 3.67. The van der Waals surface area contributed by atoms with Gasteiger partial charge in [-0.15, -0.1) is 11.8 Å². The second-order valence-corrected chi connectivity index (χ2v) is 5.07. The lowest BCUT2D eigenvalue weighted by Crippen LogP contribution is -2.07. The predicted octanol–water partition coefficient (Wildman–Crippen LogP) is 4.42. The molecule has 2 heteroatoms. The number of carbonyl (C=O) groups is 1. The van der Waals surface area contributed by atoms with Gasteiger partial charge in [-0.05, 0) is 18.2 Å². The van der Waals surface area contributed by atoms with E-state index in [4.69, 9.17) is 0 Å². The van der Waals surface area contributed by atoms with Crippen molar-refractivity contribution in [2.75, 3.05) is 6.26 Å². The van der Waals surface area contributed by atoms with Crippen LogP contribution < -0.4 is 0 Å². The maximum absolute atomic E-state index is 12.1. The zero-order valence-electron chi connectivity index (χ0n) is 10.3. The summed E-state index contributed by atoms with van der Waals surface area (Å²) in [5.74, 6) is 0.776. The number of benzene rings is 1. The van der Waals surface area contributed by atoms with E-state index in [0.717, 1.165) is 23.3 Å². The summed E-state index contributed by atoms with van der Waals surface area (Å²) in [4.78, 5) is 13.2. The molecule has 0 heterocycles. The van der Waals surface area contributed by atoms with E-state index in [9.17, 15) is 4.79 Å². The van der Waals surface area contributed by atoms with E-state index in [0.29, 0.717) is 12.3 Å². The van der Waals surface area contributed by atoms with Crippen LogP contribution in [0, 0.1) is 5.92 Å². The van der Waals surface area contributed by atoms with Crippen LogP contribution in [0.2, 0.25) is 0 Å². The Morgan fingerprint density at radius 1 is 1.38 bits per heavy atom. The topological polar surface area (TPSA) is 17.1 Å². The van der Waals surface area contributed by atoms with Crippen LogP contribution in [-0.2, 0) is 0 Å². The lowest BCUT2D eigenvalue weighted by Gasteiger charge is -2.10. The molecule has 1 atom stereocenters. The molecule has 0 saturated heterocycles. The first kappa shape index (κ1) is 13.3. The maximum atomic E-state index is 12.1. The van der Waals surface area contributed by atoms with Crippen molar-refractivity contribution in [2.45, 2.75) is 38.0 Å². The average Bonchev–Trinajstić information content (AvgIpc) is 2.29. The quantitative estimate of drug-likeness (QED) is 0.537. The van der Waals surface area contributed by atoms with Gasteiger partial charge in [0, 0.05) is 16.9 Å². The summed E-state index contributed by atoms with van der Waals surface area (Å²) in [6, 6.07) is 7.88. The van der Waals surface area contributed by atoms with E-state index < -0.39 is 0 Å². The normalized spacial score (nSPS) is 12.4. The minimum absolute atomic E-state index is 0.283. The molecule has 1 aromatic carbocycles. The SMILES string of the molecule is CCCC(C)CC(=O)c1ccccc1SC. The van der Waals surface area contributed by atoms with Gasteiger partial charge >= 0.3 is 0 Å². The highest BCUT2D eigenvalue weighted by molar-refractivity contribution is 7.98. The van der Waals surface area contributed by atoms with Gasteiger partial charge in [0.15, 0.2) is 5.78 Å². The molecule has 0 aliphatic carbocycles. The summed E-state index contributed by atoms with van der Waals surface area (Å²) in [5.41, 5.74) is 0.887. The highest BCUT2D eigenvalue weighted by Crippen LogP contribution is 2.23. The molecule has 0 aliphatic heterocycles. The third-order valence-corrected chi connectivity index (χ3v) is 3.52. The van der Waals surface area contributed by atoms with Crippen molar-refractivity contribution >= 4 is 17.5 Å². The zero-order chi connectivity index (χ0) is 12.0. The largest absolute Gasteiger partial charge is 0.294 e. The standard InChI is InChI=1S/C14H20OS/c1-4-7-11(2)10-13(15)12-8-5-6-9-14(12)16-3/h5-6,8-9,11H,4,7,10H2,1-3H3. The number of Topliss-reactive ketones (excluding diaryl/α,β-unsaturated/α-hetero) is 1. The molecular weight excluding hydrogens is 216 g/mol. The maximum Gasteiger partial charge on any atom is 0.164 e. The number of thioether (sulfide) groups is 1. The molecule has 0 radical (unpaired) electrons. The Kier molecular flexibility index (Phi) is 5.61. The van der Waals surface area contributed by atoms with Gasteiger partial charge in [0.05, 0.1) is 0 Å². The number of hydrogen-bond acceptors (Lipinski definition) is 2. The van der Waals surface area contributed by atoms with Crippen LogP contribution in [0.15, 0.2) is 29.2 Å². The first-order chi connectivity index (χ1) is 7.69. The fraction of sp³-hybridized carbons (Fsp3) is 0.500. The van der Waals surface area contributed by atoms with E-state index in [1.165, 1.54) is 0 Å². The molecule has 88 valence electrons. The number of rotatable bonds is 6. The van der Waals surface area contributed by atoms with Gasteiger partial charge in [0.1, 0.15) is 0 Å². The van der Waals surface area contributed by atoms with Gasteiger partial charge in [-0.2, -0.15) is 0 Å². The van der Waals surface area contributed by atoms with Crippen molar-refractivity contribution in [3.63, 3.8) is 0 Å². The molecule has 0 spiro atoms. The van der Waals surface area contributed by atoms with Crippen LogP contribution in [0.3, 0.4) is 0 Å². The van der Waals surface area contributed by atoms with Crippen molar-refractivity contribution in [1.82, 2.24) is 0 Å². The van der Waals surface area contributed by atoms with Gasteiger partial charge in [-0.25, -0.2) is 0 Å². The van der Waals surface area contributed by atoms with Crippen LogP contribution in [-0.4, -0.2) is 12.0 Å². The molecule has 1 aromatic rings. The van der Waals surface area contributed by atoms with Crippen molar-refractivity contribution in [1.29, 1.82) is 0 Å². The smallest absolute Gasteiger partial charge is 0.164 e. The monoisotopic (exact) mass is 236 g/mol. The van der Waals surface area contributed by atoms with Crippen molar-refractivity contribution in [3.05, 3.63) is 29.8 Å². The number of hydrogen-bond donors (Lipinski definition) is 0. The predicted molar refractivity (Wildman–Crippen MR) is 71.2 cm³/mol. The van der Waals surface area contributed by atoms with Gasteiger partial charge in [0.2, 0.25) is 0 Å². The minimum atomic E-state index is 0.283. The summed E-state index contributed by atoms with van der Waals surface area (Å²) >= 11 is 1.64. The molecule has 0 bridgehead atoms. The summed E-state index contributed by atoms with van der Waals surface area (Å²) in [5, 5.41) is 0. The summed E-state index contributed by atoms with van der Waals surface area (Å²) in [7, 11) is 0. The Morgan fingerprint density at radius 3 is 2.69 bits per heavy atom. The highest BCUT2D eigenvalue weighted by atomic mass is 32.2. The molecule has 0 aromatic heterocycles. The Morgan fingerprint density at radius 2 is 2.06 bits per heavy atom. The van der Waals surface area contributed by atoms with Gasteiger partial charge in [-0.1, -0.05) is 44.9 Å². The molecule has 0 saturated carbocycles. The summed E-state index contributed by atoms with van der Waals surface area (Å²) in [6.07, 6.45) is 4.97. The van der Waals surface area contributed by atoms with E-state index >= 15 is 0 Å². The molecule has 0 amide bonds. The van der Waals surface area contributed by atoms with Crippen LogP contribution in [0.25, 0.3) is 0 Å². The van der Waals surface area contributed by atoms with E-state index in [2.05, 4.69) is 13.8 Å². The minimum Gasteiger partial charge on any atom is -0.294 e. The fourth-order valence-electron chi connectivity index (χ4n) is 1.90. The molecule has 1 nitrogen and oxygen atoms in total. The lowest BCUT2D eigenvalue weighted by molar-refractivity contribution is 0.0960. The van der Waals surface area contributed by atoms with Gasteiger partial charge < -0.3 is 0 Å². The van der Waals surface area contributed by atoms with Crippen LogP contribution in [0.1, 0.15) is 43.5 Å². The molecule has 0 aliphatic rings. The molecule has 1 rings (SSSR count). The Hall–Kier alpha value is -0.760. The van der Waals surface area contributed by atoms with Crippen LogP contribution >= 0.6 is 11.8 Å². The van der Waals surface area contributed by atoms with Crippen molar-refractivity contribution in [2.24, 2.45) is 5.92 Å². The first-order valence-corrected chi connectivity index (χ1v) is 7.07. The second kappa shape index (κ2) is 6.74. The zero-order valence-corrected chi connectivity index (χ0v) is 11.1. The summed E-state index contributed by atoms with van der Waals surface area (Å²) in [6.45, 7) is 4.32. The fourth-order valence-corrected chi connectivity index (χ4v) is 2.51.